The fraction of sp³-hybridized carbons (Fsp3) is 0.548. The van der Waals surface area contributed by atoms with Crippen molar-refractivity contribution < 1.29 is 24.2 Å². The van der Waals surface area contributed by atoms with Crippen molar-refractivity contribution >= 4 is 17.7 Å². The Bertz CT molecular complexity index is 1050. The summed E-state index contributed by atoms with van der Waals surface area (Å²) in [5.41, 5.74) is 3.68. The number of hydrogen-bond donors (Lipinski definition) is 2. The quantitative estimate of drug-likeness (QED) is 0.300. The molecule has 1 fully saturated rings. The summed E-state index contributed by atoms with van der Waals surface area (Å²) < 4.78 is 12.3. The van der Waals surface area contributed by atoms with Crippen molar-refractivity contribution in [3.8, 4) is 0 Å². The van der Waals surface area contributed by atoms with Crippen molar-refractivity contribution in [2.24, 2.45) is 5.92 Å². The number of aromatic carboxylic acids is 1. The SMILES string of the molecule is CCC(CC)N(CCO[C@H]1CCCC(COCc2cccc(C)c2C(=O)O)C1)C(=O)Nc1ccccc1C. The van der Waals surface area contributed by atoms with E-state index >= 15 is 0 Å². The van der Waals surface area contributed by atoms with E-state index in [0.29, 0.717) is 43.4 Å². The Hall–Kier alpha value is -2.90. The molecule has 7 nitrogen and oxygen atoms in total. The molecule has 2 aromatic rings. The molecule has 2 aromatic carbocycles. The summed E-state index contributed by atoms with van der Waals surface area (Å²) in [5, 5.41) is 12.6. The third-order valence-corrected chi connectivity index (χ3v) is 7.64. The normalized spacial score (nSPS) is 17.4. The Kier molecular flexibility index (Phi) is 11.6. The van der Waals surface area contributed by atoms with Gasteiger partial charge in [-0.1, -0.05) is 56.7 Å². The molecule has 0 bridgehead atoms. The second kappa shape index (κ2) is 14.9. The molecular formula is C31H44N2O5. The van der Waals surface area contributed by atoms with Crippen LogP contribution in [0.2, 0.25) is 0 Å². The van der Waals surface area contributed by atoms with Crippen LogP contribution in [-0.2, 0) is 16.1 Å². The van der Waals surface area contributed by atoms with Gasteiger partial charge < -0.3 is 24.8 Å². The molecule has 0 heterocycles. The van der Waals surface area contributed by atoms with Gasteiger partial charge in [0.1, 0.15) is 0 Å². The van der Waals surface area contributed by atoms with Crippen LogP contribution in [0.3, 0.4) is 0 Å². The molecule has 0 aliphatic heterocycles. The number of ether oxygens (including phenoxy) is 2. The molecule has 2 atom stereocenters. The summed E-state index contributed by atoms with van der Waals surface area (Å²) in [6.45, 7) is 9.98. The molecule has 3 rings (SSSR count). The number of carbonyl (C=O) groups is 2. The Labute approximate surface area is 227 Å². The number of hydrogen-bond acceptors (Lipinski definition) is 4. The van der Waals surface area contributed by atoms with Gasteiger partial charge in [0.25, 0.3) is 0 Å². The molecule has 2 amide bonds. The summed E-state index contributed by atoms with van der Waals surface area (Å²) in [4.78, 5) is 26.7. The van der Waals surface area contributed by atoms with Crippen molar-refractivity contribution in [3.63, 3.8) is 0 Å². The standard InChI is InChI=1S/C31H44N2O5/c1-5-26(6-2)33(31(36)32-28-16-8-7-11-22(28)3)17-18-38-27-15-10-13-24(19-27)20-37-21-25-14-9-12-23(4)29(25)30(34)35/h7-9,11-12,14,16,24,26-27H,5-6,10,13,15,17-21H2,1-4H3,(H,32,36)(H,34,35)/t24?,27-/m0/s1. The first-order valence-corrected chi connectivity index (χ1v) is 14.0. The minimum atomic E-state index is -0.914. The number of anilines is 1. The molecular weight excluding hydrogens is 480 g/mol. The predicted octanol–water partition coefficient (Wildman–Crippen LogP) is 6.82. The van der Waals surface area contributed by atoms with Gasteiger partial charge in [-0.15, -0.1) is 0 Å². The Balaban J connectivity index is 1.49. The third kappa shape index (κ3) is 8.30. The van der Waals surface area contributed by atoms with Gasteiger partial charge >= 0.3 is 12.0 Å². The third-order valence-electron chi connectivity index (χ3n) is 7.64. The van der Waals surface area contributed by atoms with Crippen molar-refractivity contribution in [2.45, 2.75) is 85.0 Å². The molecule has 0 spiro atoms. The fourth-order valence-electron chi connectivity index (χ4n) is 5.43. The highest BCUT2D eigenvalue weighted by Gasteiger charge is 2.25. The number of para-hydroxylation sites is 1. The first-order valence-electron chi connectivity index (χ1n) is 14.0. The van der Waals surface area contributed by atoms with Crippen molar-refractivity contribution in [1.82, 2.24) is 4.90 Å². The van der Waals surface area contributed by atoms with E-state index in [1.807, 2.05) is 61.2 Å². The highest BCUT2D eigenvalue weighted by atomic mass is 16.5. The van der Waals surface area contributed by atoms with Crippen LogP contribution in [-0.4, -0.2) is 53.9 Å². The zero-order valence-electron chi connectivity index (χ0n) is 23.4. The van der Waals surface area contributed by atoms with Gasteiger partial charge in [-0.25, -0.2) is 9.59 Å². The van der Waals surface area contributed by atoms with E-state index in [1.54, 1.807) is 0 Å². The monoisotopic (exact) mass is 524 g/mol. The summed E-state index contributed by atoms with van der Waals surface area (Å²) in [6.07, 6.45) is 6.02. The smallest absolute Gasteiger partial charge is 0.336 e. The van der Waals surface area contributed by atoms with Crippen LogP contribution in [0.25, 0.3) is 0 Å². The lowest BCUT2D eigenvalue weighted by molar-refractivity contribution is -0.0158. The molecule has 1 saturated carbocycles. The number of benzene rings is 2. The topological polar surface area (TPSA) is 88.1 Å². The van der Waals surface area contributed by atoms with E-state index < -0.39 is 5.97 Å². The van der Waals surface area contributed by atoms with Crippen LogP contribution in [0.5, 0.6) is 0 Å². The molecule has 7 heteroatoms. The maximum Gasteiger partial charge on any atom is 0.336 e. The second-order valence-corrected chi connectivity index (χ2v) is 10.4. The van der Waals surface area contributed by atoms with Crippen LogP contribution < -0.4 is 5.32 Å². The maximum absolute atomic E-state index is 13.2. The highest BCUT2D eigenvalue weighted by Crippen LogP contribution is 2.27. The molecule has 1 aliphatic carbocycles. The van der Waals surface area contributed by atoms with E-state index in [9.17, 15) is 14.7 Å². The summed E-state index contributed by atoms with van der Waals surface area (Å²) in [7, 11) is 0. The average Bonchev–Trinajstić information content (AvgIpc) is 2.90. The molecule has 2 N–H and O–H groups in total. The van der Waals surface area contributed by atoms with Crippen LogP contribution in [0.4, 0.5) is 10.5 Å². The van der Waals surface area contributed by atoms with E-state index in [0.717, 1.165) is 55.3 Å². The zero-order chi connectivity index (χ0) is 27.5. The molecule has 208 valence electrons. The molecule has 0 aromatic heterocycles. The number of carboxylic acid groups (broad SMARTS) is 1. The number of nitrogens with one attached hydrogen (secondary N) is 1. The number of aryl methyl sites for hydroxylation is 2. The average molecular weight is 525 g/mol. The minimum Gasteiger partial charge on any atom is -0.478 e. The predicted molar refractivity (Wildman–Crippen MR) is 151 cm³/mol. The Morgan fingerprint density at radius 3 is 2.50 bits per heavy atom. The largest absolute Gasteiger partial charge is 0.478 e. The van der Waals surface area contributed by atoms with Crippen molar-refractivity contribution in [2.75, 3.05) is 25.1 Å². The first-order chi connectivity index (χ1) is 18.3. The van der Waals surface area contributed by atoms with E-state index in [-0.39, 0.29) is 18.2 Å². The number of carboxylic acids is 1. The maximum atomic E-state index is 13.2. The number of carbonyl (C=O) groups excluding carboxylic acids is 1. The summed E-state index contributed by atoms with van der Waals surface area (Å²) in [6, 6.07) is 13.4. The number of rotatable bonds is 13. The van der Waals surface area contributed by atoms with Gasteiger partial charge in [-0.3, -0.25) is 0 Å². The van der Waals surface area contributed by atoms with Gasteiger partial charge in [-0.2, -0.15) is 0 Å². The van der Waals surface area contributed by atoms with Crippen LogP contribution in [0.15, 0.2) is 42.5 Å². The second-order valence-electron chi connectivity index (χ2n) is 10.4. The lowest BCUT2D eigenvalue weighted by Crippen LogP contribution is -2.44. The van der Waals surface area contributed by atoms with Crippen LogP contribution >= 0.6 is 0 Å². The first kappa shape index (κ1) is 29.7. The van der Waals surface area contributed by atoms with Crippen molar-refractivity contribution in [3.05, 3.63) is 64.7 Å². The molecule has 38 heavy (non-hydrogen) atoms. The number of nitrogens with zero attached hydrogens (tertiary/aromatic N) is 1. The van der Waals surface area contributed by atoms with Gasteiger partial charge in [0.05, 0.1) is 24.9 Å². The summed E-state index contributed by atoms with van der Waals surface area (Å²) in [5.74, 6) is -0.533. The van der Waals surface area contributed by atoms with Gasteiger partial charge in [-0.05, 0) is 74.6 Å². The Morgan fingerprint density at radius 1 is 1.05 bits per heavy atom. The zero-order valence-corrected chi connectivity index (χ0v) is 23.4. The highest BCUT2D eigenvalue weighted by molar-refractivity contribution is 5.91. The van der Waals surface area contributed by atoms with Crippen molar-refractivity contribution in [1.29, 1.82) is 0 Å². The molecule has 0 saturated heterocycles. The number of amides is 2. The fourth-order valence-corrected chi connectivity index (χ4v) is 5.43. The van der Waals surface area contributed by atoms with Crippen LogP contribution in [0, 0.1) is 19.8 Å². The van der Waals surface area contributed by atoms with E-state index in [1.165, 1.54) is 0 Å². The van der Waals surface area contributed by atoms with E-state index in [2.05, 4.69) is 19.2 Å². The van der Waals surface area contributed by atoms with Gasteiger partial charge in [0, 0.05) is 24.9 Å². The van der Waals surface area contributed by atoms with E-state index in [4.69, 9.17) is 9.47 Å². The lowest BCUT2D eigenvalue weighted by atomic mass is 9.88. The summed E-state index contributed by atoms with van der Waals surface area (Å²) >= 11 is 0. The van der Waals surface area contributed by atoms with Crippen LogP contribution in [0.1, 0.15) is 79.4 Å². The molecule has 1 unspecified atom stereocenters. The minimum absolute atomic E-state index is 0.0802. The molecule has 0 radical (unpaired) electrons. The lowest BCUT2D eigenvalue weighted by Gasteiger charge is -2.33. The number of urea groups is 1. The molecule has 1 aliphatic rings. The Morgan fingerprint density at radius 2 is 1.79 bits per heavy atom. The van der Waals surface area contributed by atoms with Gasteiger partial charge in [0.2, 0.25) is 0 Å². The van der Waals surface area contributed by atoms with Gasteiger partial charge in [0.15, 0.2) is 0 Å².